The van der Waals surface area contributed by atoms with Gasteiger partial charge in [-0.25, -0.2) is 9.97 Å². The number of anilines is 1. The fourth-order valence-corrected chi connectivity index (χ4v) is 2.23. The van der Waals surface area contributed by atoms with Gasteiger partial charge in [-0.3, -0.25) is 0 Å². The maximum atomic E-state index is 4.63. The minimum absolute atomic E-state index is 0.859. The summed E-state index contributed by atoms with van der Waals surface area (Å²) in [5, 5.41) is 3.38. The van der Waals surface area contributed by atoms with Gasteiger partial charge in [-0.05, 0) is 31.0 Å². The molecule has 1 aromatic heterocycles. The van der Waals surface area contributed by atoms with Gasteiger partial charge in [-0.2, -0.15) is 0 Å². The van der Waals surface area contributed by atoms with Crippen LogP contribution >= 0.6 is 0 Å². The lowest BCUT2D eigenvalue weighted by Gasteiger charge is -2.09. The monoisotopic (exact) mass is 263 g/mol. The third-order valence-electron chi connectivity index (χ3n) is 3.29. The highest BCUT2D eigenvalue weighted by atomic mass is 15.0. The highest BCUT2D eigenvalue weighted by Gasteiger charge is 2.04. The Morgan fingerprint density at radius 3 is 2.25 bits per heavy atom. The Morgan fingerprint density at radius 2 is 1.50 bits per heavy atom. The Balaban J connectivity index is 1.72. The summed E-state index contributed by atoms with van der Waals surface area (Å²) in [6.07, 6.45) is 0.981. The molecule has 3 heteroatoms. The maximum absolute atomic E-state index is 4.63. The van der Waals surface area contributed by atoms with Gasteiger partial charge in [0.05, 0.1) is 16.7 Å². The van der Waals surface area contributed by atoms with Crippen LogP contribution in [0.25, 0.3) is 11.0 Å². The summed E-state index contributed by atoms with van der Waals surface area (Å²) >= 11 is 0. The topological polar surface area (TPSA) is 37.8 Å². The molecule has 2 aromatic carbocycles. The zero-order valence-electron chi connectivity index (χ0n) is 11.5. The minimum Gasteiger partial charge on any atom is -0.368 e. The number of nitrogens with one attached hydrogen (secondary N) is 1. The maximum Gasteiger partial charge on any atom is 0.148 e. The lowest BCUT2D eigenvalue weighted by atomic mass is 10.1. The van der Waals surface area contributed by atoms with Crippen molar-refractivity contribution in [2.75, 3.05) is 11.9 Å². The van der Waals surface area contributed by atoms with Crippen LogP contribution < -0.4 is 5.32 Å². The van der Waals surface area contributed by atoms with Crippen molar-refractivity contribution in [3.05, 3.63) is 65.9 Å². The van der Waals surface area contributed by atoms with Crippen LogP contribution in [0.4, 0.5) is 5.82 Å². The standard InChI is InChI=1S/C17H17N3/c1-13-17(18-12-11-14-7-3-2-4-8-14)20-16-10-6-5-9-15(16)19-13/h2-10H,11-12H2,1H3,(H,18,20). The molecule has 0 atom stereocenters. The molecule has 0 fully saturated rings. The van der Waals surface area contributed by atoms with Crippen LogP contribution in [0, 0.1) is 6.92 Å². The van der Waals surface area contributed by atoms with Gasteiger partial charge in [-0.1, -0.05) is 42.5 Å². The van der Waals surface area contributed by atoms with Crippen molar-refractivity contribution < 1.29 is 0 Å². The zero-order valence-corrected chi connectivity index (χ0v) is 11.5. The molecule has 3 nitrogen and oxygen atoms in total. The molecule has 1 heterocycles. The molecule has 0 saturated heterocycles. The molecule has 0 radical (unpaired) electrons. The van der Waals surface area contributed by atoms with Crippen LogP contribution in [0.1, 0.15) is 11.3 Å². The number of hydrogen-bond acceptors (Lipinski definition) is 3. The molecule has 0 spiro atoms. The Labute approximate surface area is 118 Å². The van der Waals surface area contributed by atoms with E-state index in [-0.39, 0.29) is 0 Å². The quantitative estimate of drug-likeness (QED) is 0.781. The van der Waals surface area contributed by atoms with Crippen LogP contribution in [-0.2, 0) is 6.42 Å². The second kappa shape index (κ2) is 5.70. The number of aromatic nitrogens is 2. The fraction of sp³-hybridized carbons (Fsp3) is 0.176. The number of hydrogen-bond donors (Lipinski definition) is 1. The molecule has 0 unspecified atom stereocenters. The predicted molar refractivity (Wildman–Crippen MR) is 82.9 cm³/mol. The summed E-state index contributed by atoms with van der Waals surface area (Å²) < 4.78 is 0. The predicted octanol–water partition coefficient (Wildman–Crippen LogP) is 3.59. The first-order chi connectivity index (χ1) is 9.83. The van der Waals surface area contributed by atoms with E-state index >= 15 is 0 Å². The number of rotatable bonds is 4. The lowest BCUT2D eigenvalue weighted by Crippen LogP contribution is -2.08. The summed E-state index contributed by atoms with van der Waals surface area (Å²) in [5.74, 6) is 0.875. The van der Waals surface area contributed by atoms with Gasteiger partial charge in [0.2, 0.25) is 0 Å². The van der Waals surface area contributed by atoms with E-state index in [0.717, 1.165) is 35.5 Å². The molecule has 0 bridgehead atoms. The summed E-state index contributed by atoms with van der Waals surface area (Å²) in [4.78, 5) is 9.21. The molecule has 3 rings (SSSR count). The molecule has 0 saturated carbocycles. The Morgan fingerprint density at radius 1 is 0.850 bits per heavy atom. The lowest BCUT2D eigenvalue weighted by molar-refractivity contribution is 0.997. The van der Waals surface area contributed by atoms with Crippen molar-refractivity contribution in [3.8, 4) is 0 Å². The van der Waals surface area contributed by atoms with Crippen LogP contribution in [0.15, 0.2) is 54.6 Å². The van der Waals surface area contributed by atoms with E-state index in [0.29, 0.717) is 0 Å². The average Bonchev–Trinajstić information content (AvgIpc) is 2.49. The second-order valence-electron chi connectivity index (χ2n) is 4.81. The first-order valence-corrected chi connectivity index (χ1v) is 6.84. The summed E-state index contributed by atoms with van der Waals surface area (Å²) in [6.45, 7) is 2.85. The highest BCUT2D eigenvalue weighted by Crippen LogP contribution is 2.15. The minimum atomic E-state index is 0.859. The van der Waals surface area contributed by atoms with E-state index in [9.17, 15) is 0 Å². The molecular weight excluding hydrogens is 246 g/mol. The third-order valence-corrected chi connectivity index (χ3v) is 3.29. The van der Waals surface area contributed by atoms with E-state index in [2.05, 4.69) is 39.6 Å². The normalized spacial score (nSPS) is 10.7. The molecule has 0 aliphatic heterocycles. The molecule has 20 heavy (non-hydrogen) atoms. The number of fused-ring (bicyclic) bond motifs is 1. The van der Waals surface area contributed by atoms with Crippen LogP contribution in [-0.4, -0.2) is 16.5 Å². The summed E-state index contributed by atoms with van der Waals surface area (Å²) in [5.41, 5.74) is 4.14. The number of aryl methyl sites for hydroxylation is 1. The first kappa shape index (κ1) is 12.6. The molecule has 0 aliphatic rings. The van der Waals surface area contributed by atoms with Gasteiger partial charge in [0.15, 0.2) is 0 Å². The Bertz CT molecular complexity index is 708. The Hall–Kier alpha value is -2.42. The highest BCUT2D eigenvalue weighted by molar-refractivity contribution is 5.76. The van der Waals surface area contributed by atoms with Gasteiger partial charge < -0.3 is 5.32 Å². The van der Waals surface area contributed by atoms with E-state index in [4.69, 9.17) is 0 Å². The van der Waals surface area contributed by atoms with E-state index < -0.39 is 0 Å². The van der Waals surface area contributed by atoms with E-state index in [1.54, 1.807) is 0 Å². The van der Waals surface area contributed by atoms with Crippen molar-refractivity contribution >= 4 is 16.9 Å². The van der Waals surface area contributed by atoms with E-state index in [1.807, 2.05) is 37.3 Å². The van der Waals surface area contributed by atoms with E-state index in [1.165, 1.54) is 5.56 Å². The van der Waals surface area contributed by atoms with Gasteiger partial charge in [0.25, 0.3) is 0 Å². The van der Waals surface area contributed by atoms with Crippen molar-refractivity contribution in [2.45, 2.75) is 13.3 Å². The van der Waals surface area contributed by atoms with Crippen LogP contribution in [0.2, 0.25) is 0 Å². The molecule has 100 valence electrons. The first-order valence-electron chi connectivity index (χ1n) is 6.84. The molecule has 1 N–H and O–H groups in total. The largest absolute Gasteiger partial charge is 0.368 e. The zero-order chi connectivity index (χ0) is 13.8. The van der Waals surface area contributed by atoms with Crippen LogP contribution in [0.5, 0.6) is 0 Å². The number of nitrogens with zero attached hydrogens (tertiary/aromatic N) is 2. The van der Waals surface area contributed by atoms with Crippen molar-refractivity contribution in [3.63, 3.8) is 0 Å². The fourth-order valence-electron chi connectivity index (χ4n) is 2.23. The molecular formula is C17H17N3. The molecule has 0 aliphatic carbocycles. The van der Waals surface area contributed by atoms with Crippen molar-refractivity contribution in [1.29, 1.82) is 0 Å². The molecule has 3 aromatic rings. The van der Waals surface area contributed by atoms with Gasteiger partial charge in [0, 0.05) is 6.54 Å². The summed E-state index contributed by atoms with van der Waals surface area (Å²) in [6, 6.07) is 18.4. The second-order valence-corrected chi connectivity index (χ2v) is 4.81. The SMILES string of the molecule is Cc1nc2ccccc2nc1NCCc1ccccc1. The van der Waals surface area contributed by atoms with Crippen LogP contribution in [0.3, 0.4) is 0 Å². The summed E-state index contributed by atoms with van der Waals surface area (Å²) in [7, 11) is 0. The number of benzene rings is 2. The Kier molecular flexibility index (Phi) is 3.59. The van der Waals surface area contributed by atoms with Crippen molar-refractivity contribution in [1.82, 2.24) is 9.97 Å². The molecule has 0 amide bonds. The van der Waals surface area contributed by atoms with Gasteiger partial charge in [0.1, 0.15) is 5.82 Å². The smallest absolute Gasteiger partial charge is 0.148 e. The van der Waals surface area contributed by atoms with Gasteiger partial charge >= 0.3 is 0 Å². The number of para-hydroxylation sites is 2. The van der Waals surface area contributed by atoms with Crippen molar-refractivity contribution in [2.24, 2.45) is 0 Å². The third kappa shape index (κ3) is 2.77. The van der Waals surface area contributed by atoms with Gasteiger partial charge in [-0.15, -0.1) is 0 Å². The average molecular weight is 263 g/mol.